The molecule has 0 aliphatic carbocycles. The molecule has 0 atom stereocenters. The zero-order valence-corrected chi connectivity index (χ0v) is 16.8. The van der Waals surface area contributed by atoms with E-state index >= 15 is 0 Å². The minimum Gasteiger partial charge on any atom is -0.343 e. The highest BCUT2D eigenvalue weighted by Crippen LogP contribution is 2.47. The molecule has 2 aliphatic heterocycles. The Morgan fingerprint density at radius 3 is 2.68 bits per heavy atom. The first-order valence-electron chi connectivity index (χ1n) is 8.64. The van der Waals surface area contributed by atoms with E-state index in [0.29, 0.717) is 0 Å². The molecule has 0 saturated carbocycles. The summed E-state index contributed by atoms with van der Waals surface area (Å²) in [6.45, 7) is 3.88. The fourth-order valence-electron chi connectivity index (χ4n) is 3.20. The van der Waals surface area contributed by atoms with Gasteiger partial charge >= 0.3 is 0 Å². The van der Waals surface area contributed by atoms with Crippen molar-refractivity contribution in [3.63, 3.8) is 0 Å². The number of benzene rings is 2. The topological polar surface area (TPSA) is 52.7 Å². The number of rotatable bonds is 3. The molecule has 0 unspecified atom stereocenters. The third-order valence-electron chi connectivity index (χ3n) is 4.60. The van der Waals surface area contributed by atoms with Crippen molar-refractivity contribution in [1.29, 1.82) is 0 Å². The van der Waals surface area contributed by atoms with Crippen molar-refractivity contribution in [3.8, 4) is 0 Å². The predicted molar refractivity (Wildman–Crippen MR) is 116 cm³/mol. The van der Waals surface area contributed by atoms with E-state index in [-0.39, 0.29) is 17.2 Å². The van der Waals surface area contributed by atoms with Crippen LogP contribution in [0, 0.1) is 0 Å². The first kappa shape index (κ1) is 18.5. The molecule has 0 spiro atoms. The molecule has 7 heteroatoms. The smallest absolute Gasteiger partial charge is 0.265 e. The lowest BCUT2D eigenvalue weighted by molar-refractivity contribution is -0.128. The SMILES string of the molecule is C=CCN1C(=O)C(=Cc2ccc3c(c2)Sc2ccccc2N3C)C(=O)NC1=S. The van der Waals surface area contributed by atoms with Gasteiger partial charge in [0.1, 0.15) is 5.57 Å². The average molecular weight is 408 g/mol. The highest BCUT2D eigenvalue weighted by molar-refractivity contribution is 7.99. The molecule has 2 heterocycles. The van der Waals surface area contributed by atoms with Crippen LogP contribution in [0.1, 0.15) is 5.56 Å². The monoisotopic (exact) mass is 407 g/mol. The molecule has 1 saturated heterocycles. The molecule has 2 aromatic rings. The van der Waals surface area contributed by atoms with Crippen LogP contribution in [-0.2, 0) is 9.59 Å². The van der Waals surface area contributed by atoms with E-state index in [2.05, 4.69) is 28.9 Å². The molecule has 2 amide bonds. The second-order valence-electron chi connectivity index (χ2n) is 6.38. The molecule has 0 aromatic heterocycles. The lowest BCUT2D eigenvalue weighted by Gasteiger charge is -2.30. The maximum atomic E-state index is 12.7. The summed E-state index contributed by atoms with van der Waals surface area (Å²) in [6, 6.07) is 14.1. The first-order valence-corrected chi connectivity index (χ1v) is 9.86. The van der Waals surface area contributed by atoms with E-state index in [1.807, 2.05) is 37.4 Å². The van der Waals surface area contributed by atoms with Gasteiger partial charge in [-0.15, -0.1) is 6.58 Å². The predicted octanol–water partition coefficient (Wildman–Crippen LogP) is 3.73. The molecule has 2 aromatic carbocycles. The summed E-state index contributed by atoms with van der Waals surface area (Å²) in [5.41, 5.74) is 3.08. The number of fused-ring (bicyclic) bond motifs is 2. The van der Waals surface area contributed by atoms with Gasteiger partial charge in [0.05, 0.1) is 11.4 Å². The molecule has 5 nitrogen and oxygen atoms in total. The van der Waals surface area contributed by atoms with Gasteiger partial charge in [0.2, 0.25) is 0 Å². The Morgan fingerprint density at radius 1 is 1.14 bits per heavy atom. The summed E-state index contributed by atoms with van der Waals surface area (Å²) in [6.07, 6.45) is 3.18. The van der Waals surface area contributed by atoms with E-state index in [1.54, 1.807) is 23.9 Å². The van der Waals surface area contributed by atoms with Gasteiger partial charge in [-0.25, -0.2) is 0 Å². The van der Waals surface area contributed by atoms with Gasteiger partial charge in [-0.05, 0) is 48.1 Å². The van der Waals surface area contributed by atoms with Crippen molar-refractivity contribution in [1.82, 2.24) is 10.2 Å². The minimum atomic E-state index is -0.483. The van der Waals surface area contributed by atoms with E-state index in [4.69, 9.17) is 12.2 Å². The lowest BCUT2D eigenvalue weighted by Crippen LogP contribution is -2.53. The zero-order chi connectivity index (χ0) is 19.8. The highest BCUT2D eigenvalue weighted by atomic mass is 32.2. The van der Waals surface area contributed by atoms with Gasteiger partial charge in [-0.3, -0.25) is 19.8 Å². The molecule has 0 bridgehead atoms. The fourth-order valence-corrected chi connectivity index (χ4v) is 4.65. The van der Waals surface area contributed by atoms with Crippen molar-refractivity contribution < 1.29 is 9.59 Å². The number of hydrogen-bond acceptors (Lipinski definition) is 5. The number of carbonyl (C=O) groups excluding carboxylic acids is 2. The molecule has 4 rings (SSSR count). The Morgan fingerprint density at radius 2 is 1.89 bits per heavy atom. The van der Waals surface area contributed by atoms with Crippen LogP contribution in [0.4, 0.5) is 11.4 Å². The second-order valence-corrected chi connectivity index (χ2v) is 7.85. The van der Waals surface area contributed by atoms with Crippen molar-refractivity contribution in [2.24, 2.45) is 0 Å². The minimum absolute atomic E-state index is 0.0602. The van der Waals surface area contributed by atoms with Crippen molar-refractivity contribution in [2.75, 3.05) is 18.5 Å². The van der Waals surface area contributed by atoms with Gasteiger partial charge in [0.15, 0.2) is 5.11 Å². The second kappa shape index (κ2) is 7.26. The van der Waals surface area contributed by atoms with Crippen LogP contribution >= 0.6 is 24.0 Å². The van der Waals surface area contributed by atoms with Crippen molar-refractivity contribution in [3.05, 3.63) is 66.3 Å². The Hall–Kier alpha value is -2.90. The van der Waals surface area contributed by atoms with E-state index in [1.165, 1.54) is 4.90 Å². The van der Waals surface area contributed by atoms with E-state index < -0.39 is 11.8 Å². The summed E-state index contributed by atoms with van der Waals surface area (Å²) in [5, 5.41) is 2.67. The largest absolute Gasteiger partial charge is 0.343 e. The molecule has 1 N–H and O–H groups in total. The maximum Gasteiger partial charge on any atom is 0.265 e. The van der Waals surface area contributed by atoms with Crippen LogP contribution in [0.5, 0.6) is 0 Å². The molecule has 0 radical (unpaired) electrons. The molecule has 1 fully saturated rings. The molecule has 2 aliphatic rings. The van der Waals surface area contributed by atoms with Gasteiger partial charge in [-0.2, -0.15) is 0 Å². The highest BCUT2D eigenvalue weighted by Gasteiger charge is 2.32. The Kier molecular flexibility index (Phi) is 4.78. The van der Waals surface area contributed by atoms with E-state index in [0.717, 1.165) is 26.7 Å². The van der Waals surface area contributed by atoms with Gasteiger partial charge in [-0.1, -0.05) is 36.0 Å². The van der Waals surface area contributed by atoms with Crippen LogP contribution in [0.2, 0.25) is 0 Å². The fraction of sp³-hybridized carbons (Fsp3) is 0.0952. The van der Waals surface area contributed by atoms with Crippen LogP contribution in [0.25, 0.3) is 6.08 Å². The molecular weight excluding hydrogens is 390 g/mol. The average Bonchev–Trinajstić information content (AvgIpc) is 2.68. The Labute approximate surface area is 172 Å². The third-order valence-corrected chi connectivity index (χ3v) is 6.03. The zero-order valence-electron chi connectivity index (χ0n) is 15.1. The Balaban J connectivity index is 1.70. The standard InChI is InChI=1S/C21H17N3O2S2/c1-3-10-24-20(26)14(19(25)22-21(24)27)11-13-8-9-16-18(12-13)28-17-7-5-4-6-15(17)23(16)2/h3-9,11-12H,1,10H2,2H3,(H,22,25,27). The summed E-state index contributed by atoms with van der Waals surface area (Å²) in [7, 11) is 2.03. The van der Waals surface area contributed by atoms with Crippen LogP contribution < -0.4 is 10.2 Å². The molecule has 28 heavy (non-hydrogen) atoms. The maximum absolute atomic E-state index is 12.7. The third kappa shape index (κ3) is 3.12. The van der Waals surface area contributed by atoms with Crippen LogP contribution in [0.3, 0.4) is 0 Å². The lowest BCUT2D eigenvalue weighted by atomic mass is 10.1. The van der Waals surface area contributed by atoms with E-state index in [9.17, 15) is 9.59 Å². The van der Waals surface area contributed by atoms with Crippen LogP contribution in [-0.4, -0.2) is 35.4 Å². The number of anilines is 2. The summed E-state index contributed by atoms with van der Waals surface area (Å²) in [4.78, 5) is 30.7. The van der Waals surface area contributed by atoms with Crippen LogP contribution in [0.15, 0.2) is 70.5 Å². The number of amides is 2. The Bertz CT molecular complexity index is 1060. The van der Waals surface area contributed by atoms with Gasteiger partial charge < -0.3 is 4.90 Å². The summed E-state index contributed by atoms with van der Waals surface area (Å²) in [5.74, 6) is -0.898. The number of nitrogens with zero attached hydrogens (tertiary/aromatic N) is 2. The summed E-state index contributed by atoms with van der Waals surface area (Å²) >= 11 is 6.76. The number of para-hydroxylation sites is 1. The number of nitrogens with one attached hydrogen (secondary N) is 1. The van der Waals surface area contributed by atoms with Crippen molar-refractivity contribution >= 4 is 58.4 Å². The molecule has 140 valence electrons. The van der Waals surface area contributed by atoms with Crippen molar-refractivity contribution in [2.45, 2.75) is 9.79 Å². The number of thiocarbonyl (C=S) groups is 1. The molecular formula is C21H17N3O2S2. The first-order chi connectivity index (χ1) is 13.5. The van der Waals surface area contributed by atoms with Gasteiger partial charge in [0.25, 0.3) is 11.8 Å². The number of carbonyl (C=O) groups is 2. The quantitative estimate of drug-likeness (QED) is 0.364. The normalized spacial score (nSPS) is 17.3. The van der Waals surface area contributed by atoms with Gasteiger partial charge in [0, 0.05) is 23.4 Å². The number of hydrogen-bond donors (Lipinski definition) is 1. The summed E-state index contributed by atoms with van der Waals surface area (Å²) < 4.78 is 0.